The van der Waals surface area contributed by atoms with E-state index in [-0.39, 0.29) is 5.82 Å². The first kappa shape index (κ1) is 13.1. The average Bonchev–Trinajstić information content (AvgIpc) is 2.85. The van der Waals surface area contributed by atoms with Gasteiger partial charge in [-0.1, -0.05) is 22.0 Å². The Morgan fingerprint density at radius 2 is 2.05 bits per heavy atom. The van der Waals surface area contributed by atoms with Crippen LogP contribution in [0.3, 0.4) is 0 Å². The second-order valence-corrected chi connectivity index (χ2v) is 5.38. The minimum absolute atomic E-state index is 0.308. The normalized spacial score (nSPS) is 11.0. The minimum atomic E-state index is -0.308. The van der Waals surface area contributed by atoms with Crippen LogP contribution < -0.4 is 4.74 Å². The molecule has 0 bridgehead atoms. The maximum Gasteiger partial charge on any atom is 0.149 e. The first-order valence-corrected chi connectivity index (χ1v) is 6.88. The van der Waals surface area contributed by atoms with Gasteiger partial charge in [-0.25, -0.2) is 9.07 Å². The number of aromatic nitrogens is 2. The summed E-state index contributed by atoms with van der Waals surface area (Å²) in [5, 5.41) is 5.17. The smallest absolute Gasteiger partial charge is 0.149 e. The predicted octanol–water partition coefficient (Wildman–Crippen LogP) is 4.24. The zero-order valence-corrected chi connectivity index (χ0v) is 12.6. The number of rotatable bonds is 2. The molecule has 0 aliphatic carbocycles. The van der Waals surface area contributed by atoms with E-state index in [2.05, 4.69) is 21.0 Å². The highest BCUT2D eigenvalue weighted by atomic mass is 79.9. The van der Waals surface area contributed by atoms with Crippen LogP contribution in [0.1, 0.15) is 5.56 Å². The van der Waals surface area contributed by atoms with Crippen LogP contribution in [-0.2, 0) is 0 Å². The van der Waals surface area contributed by atoms with E-state index in [1.807, 2.05) is 25.1 Å². The van der Waals surface area contributed by atoms with Gasteiger partial charge in [0.25, 0.3) is 0 Å². The van der Waals surface area contributed by atoms with E-state index < -0.39 is 0 Å². The van der Waals surface area contributed by atoms with Gasteiger partial charge in [-0.15, -0.1) is 0 Å². The molecule has 0 unspecified atom stereocenters. The first-order chi connectivity index (χ1) is 9.61. The Morgan fingerprint density at radius 1 is 1.25 bits per heavy atom. The number of benzene rings is 2. The standard InChI is InChI=1S/C15H12BrFN2O/c1-9-3-5-13(12(17)7-9)19-15-10(8-18-19)11(16)4-6-14(15)20-2/h3-8H,1-2H3. The molecule has 3 rings (SSSR count). The molecule has 0 radical (unpaired) electrons. The number of hydrogen-bond donors (Lipinski definition) is 0. The van der Waals surface area contributed by atoms with Crippen LogP contribution in [0.4, 0.5) is 4.39 Å². The molecule has 0 saturated carbocycles. The first-order valence-electron chi connectivity index (χ1n) is 6.08. The minimum Gasteiger partial charge on any atom is -0.494 e. The second kappa shape index (κ2) is 4.90. The number of fused-ring (bicyclic) bond motifs is 1. The topological polar surface area (TPSA) is 27.1 Å². The van der Waals surface area contributed by atoms with E-state index in [1.165, 1.54) is 6.07 Å². The lowest BCUT2D eigenvalue weighted by Crippen LogP contribution is -2.01. The Kier molecular flexibility index (Phi) is 3.22. The van der Waals surface area contributed by atoms with Crippen LogP contribution in [0.15, 0.2) is 41.0 Å². The molecule has 0 fully saturated rings. The maximum absolute atomic E-state index is 14.2. The van der Waals surface area contributed by atoms with Crippen LogP contribution >= 0.6 is 15.9 Å². The Hall–Kier alpha value is -1.88. The molecule has 2 aromatic carbocycles. The molecule has 0 saturated heterocycles. The van der Waals surface area contributed by atoms with Crippen molar-refractivity contribution in [2.24, 2.45) is 0 Å². The molecule has 20 heavy (non-hydrogen) atoms. The van der Waals surface area contributed by atoms with Crippen molar-refractivity contribution < 1.29 is 9.13 Å². The lowest BCUT2D eigenvalue weighted by atomic mass is 10.2. The van der Waals surface area contributed by atoms with E-state index in [1.54, 1.807) is 24.1 Å². The van der Waals surface area contributed by atoms with E-state index >= 15 is 0 Å². The summed E-state index contributed by atoms with van der Waals surface area (Å²) in [5.41, 5.74) is 2.02. The Bertz CT molecular complexity index is 798. The third-order valence-corrected chi connectivity index (χ3v) is 3.88. The fraction of sp³-hybridized carbons (Fsp3) is 0.133. The number of nitrogens with zero attached hydrogens (tertiary/aromatic N) is 2. The van der Waals surface area contributed by atoms with Crippen molar-refractivity contribution in [3.05, 3.63) is 52.4 Å². The predicted molar refractivity (Wildman–Crippen MR) is 80.0 cm³/mol. The molecule has 0 N–H and O–H groups in total. The maximum atomic E-state index is 14.2. The molecule has 5 heteroatoms. The summed E-state index contributed by atoms with van der Waals surface area (Å²) < 4.78 is 22.0. The number of ether oxygens (including phenoxy) is 1. The summed E-state index contributed by atoms with van der Waals surface area (Å²) in [6, 6.07) is 8.79. The van der Waals surface area contributed by atoms with Gasteiger partial charge in [0, 0.05) is 9.86 Å². The molecule has 102 valence electrons. The van der Waals surface area contributed by atoms with Gasteiger partial charge in [0.2, 0.25) is 0 Å². The average molecular weight is 335 g/mol. The number of methoxy groups -OCH3 is 1. The number of hydrogen-bond acceptors (Lipinski definition) is 2. The molecule has 0 spiro atoms. The Morgan fingerprint density at radius 3 is 2.75 bits per heavy atom. The molecular weight excluding hydrogens is 323 g/mol. The highest BCUT2D eigenvalue weighted by Crippen LogP contribution is 2.33. The van der Waals surface area contributed by atoms with Crippen molar-refractivity contribution in [3.63, 3.8) is 0 Å². The molecule has 1 aromatic heterocycles. The van der Waals surface area contributed by atoms with Crippen LogP contribution in [0, 0.1) is 12.7 Å². The van der Waals surface area contributed by atoms with E-state index in [4.69, 9.17) is 4.74 Å². The van der Waals surface area contributed by atoms with Gasteiger partial charge >= 0.3 is 0 Å². The zero-order chi connectivity index (χ0) is 14.3. The second-order valence-electron chi connectivity index (χ2n) is 4.52. The fourth-order valence-electron chi connectivity index (χ4n) is 2.21. The highest BCUT2D eigenvalue weighted by Gasteiger charge is 2.15. The Balaban J connectivity index is 2.34. The summed E-state index contributed by atoms with van der Waals surface area (Å²) in [6.07, 6.45) is 1.70. The highest BCUT2D eigenvalue weighted by molar-refractivity contribution is 9.10. The van der Waals surface area contributed by atoms with Gasteiger partial charge in [-0.05, 0) is 36.8 Å². The molecule has 3 aromatic rings. The quantitative estimate of drug-likeness (QED) is 0.700. The van der Waals surface area contributed by atoms with Gasteiger partial charge in [-0.3, -0.25) is 0 Å². The lowest BCUT2D eigenvalue weighted by molar-refractivity contribution is 0.418. The van der Waals surface area contributed by atoms with Crippen LogP contribution in [0.2, 0.25) is 0 Å². The fourth-order valence-corrected chi connectivity index (χ4v) is 2.63. The summed E-state index contributed by atoms with van der Waals surface area (Å²) in [5.74, 6) is 0.345. The lowest BCUT2D eigenvalue weighted by Gasteiger charge is -2.09. The van der Waals surface area contributed by atoms with Crippen molar-refractivity contribution in [2.75, 3.05) is 7.11 Å². The zero-order valence-electron chi connectivity index (χ0n) is 11.0. The van der Waals surface area contributed by atoms with E-state index in [9.17, 15) is 4.39 Å². The molecule has 0 atom stereocenters. The summed E-state index contributed by atoms with van der Waals surface area (Å²) in [7, 11) is 1.59. The van der Waals surface area contributed by atoms with Gasteiger partial charge < -0.3 is 4.74 Å². The molecule has 0 aliphatic rings. The monoisotopic (exact) mass is 334 g/mol. The van der Waals surface area contributed by atoms with Gasteiger partial charge in [0.1, 0.15) is 22.8 Å². The third-order valence-electron chi connectivity index (χ3n) is 3.19. The van der Waals surface area contributed by atoms with Crippen molar-refractivity contribution in [2.45, 2.75) is 6.92 Å². The summed E-state index contributed by atoms with van der Waals surface area (Å²) >= 11 is 3.47. The summed E-state index contributed by atoms with van der Waals surface area (Å²) in [6.45, 7) is 1.85. The van der Waals surface area contributed by atoms with E-state index in [0.717, 1.165) is 20.9 Å². The van der Waals surface area contributed by atoms with Crippen molar-refractivity contribution in [3.8, 4) is 11.4 Å². The molecule has 1 heterocycles. The SMILES string of the molecule is COc1ccc(Br)c2cnn(-c3ccc(C)cc3F)c12. The van der Waals surface area contributed by atoms with E-state index in [0.29, 0.717) is 11.4 Å². The van der Waals surface area contributed by atoms with Gasteiger partial charge in [0.05, 0.1) is 13.3 Å². The van der Waals surface area contributed by atoms with Crippen LogP contribution in [-0.4, -0.2) is 16.9 Å². The third kappa shape index (κ3) is 1.98. The van der Waals surface area contributed by atoms with Gasteiger partial charge in [0.15, 0.2) is 0 Å². The molecule has 0 amide bonds. The van der Waals surface area contributed by atoms with Crippen molar-refractivity contribution >= 4 is 26.8 Å². The Labute approximate surface area is 124 Å². The van der Waals surface area contributed by atoms with Crippen LogP contribution in [0.5, 0.6) is 5.75 Å². The number of halogens is 2. The molecular formula is C15H12BrFN2O. The van der Waals surface area contributed by atoms with Crippen molar-refractivity contribution in [1.82, 2.24) is 9.78 Å². The van der Waals surface area contributed by atoms with Crippen molar-refractivity contribution in [1.29, 1.82) is 0 Å². The molecule has 3 nitrogen and oxygen atoms in total. The number of aryl methyl sites for hydroxylation is 1. The molecule has 0 aliphatic heterocycles. The largest absolute Gasteiger partial charge is 0.494 e. The van der Waals surface area contributed by atoms with Crippen LogP contribution in [0.25, 0.3) is 16.6 Å². The summed E-state index contributed by atoms with van der Waals surface area (Å²) in [4.78, 5) is 0. The van der Waals surface area contributed by atoms with Gasteiger partial charge in [-0.2, -0.15) is 5.10 Å².